The fourth-order valence-corrected chi connectivity index (χ4v) is 3.35. The van der Waals surface area contributed by atoms with Gasteiger partial charge in [0.1, 0.15) is 24.2 Å². The van der Waals surface area contributed by atoms with Crippen molar-refractivity contribution in [3.63, 3.8) is 0 Å². The van der Waals surface area contributed by atoms with Gasteiger partial charge >= 0.3 is 6.61 Å². The number of alkyl halides is 3. The first-order chi connectivity index (χ1) is 17.7. The maximum atomic E-state index is 13.3. The molecule has 2 N–H and O–H groups in total. The largest absolute Gasteiger partial charge is 0.473 e. The minimum Gasteiger partial charge on any atom is -0.473 e. The summed E-state index contributed by atoms with van der Waals surface area (Å²) in [6, 6.07) is 10.9. The van der Waals surface area contributed by atoms with E-state index in [4.69, 9.17) is 10.5 Å². The van der Waals surface area contributed by atoms with E-state index < -0.39 is 12.8 Å². The van der Waals surface area contributed by atoms with E-state index in [1.165, 1.54) is 42.3 Å². The molecule has 2 aromatic carbocycles. The summed E-state index contributed by atoms with van der Waals surface area (Å²) in [6.07, 6.45) is 2.25. The van der Waals surface area contributed by atoms with Gasteiger partial charge in [0.15, 0.2) is 5.82 Å². The van der Waals surface area contributed by atoms with Crippen LogP contribution in [0.1, 0.15) is 18.2 Å². The molecule has 1 heterocycles. The highest BCUT2D eigenvalue weighted by Gasteiger charge is 2.20. The summed E-state index contributed by atoms with van der Waals surface area (Å²) in [5.41, 5.74) is 8.83. The highest BCUT2D eigenvalue weighted by atomic mass is 19.3. The van der Waals surface area contributed by atoms with Crippen molar-refractivity contribution in [3.8, 4) is 11.6 Å². The molecule has 0 aliphatic carbocycles. The molecule has 1 atom stereocenters. The number of anilines is 4. The van der Waals surface area contributed by atoms with E-state index in [9.17, 15) is 18.0 Å². The summed E-state index contributed by atoms with van der Waals surface area (Å²) in [4.78, 5) is 28.1. The molecule has 37 heavy (non-hydrogen) atoms. The van der Waals surface area contributed by atoms with Gasteiger partial charge in [0.2, 0.25) is 12.3 Å². The third-order valence-electron chi connectivity index (χ3n) is 5.11. The lowest BCUT2D eigenvalue weighted by molar-refractivity contribution is -0.106. The SMILES string of the molecule is CN=Cc1cc(N(C)Cc2ncc(OCC(C)F)nc2N(C=O)c2ccc(OC(F)F)cc2)ccc1N. The molecule has 3 aromatic rings. The lowest BCUT2D eigenvalue weighted by atomic mass is 10.1. The summed E-state index contributed by atoms with van der Waals surface area (Å²) < 4.78 is 48.1. The van der Waals surface area contributed by atoms with E-state index >= 15 is 0 Å². The predicted molar refractivity (Wildman–Crippen MR) is 136 cm³/mol. The summed E-state index contributed by atoms with van der Waals surface area (Å²) in [5, 5.41) is 0. The minimum absolute atomic E-state index is 0.0179. The highest BCUT2D eigenvalue weighted by molar-refractivity contribution is 5.89. The number of amides is 1. The van der Waals surface area contributed by atoms with E-state index in [-0.39, 0.29) is 30.6 Å². The van der Waals surface area contributed by atoms with Gasteiger partial charge in [-0.3, -0.25) is 14.7 Å². The second-order valence-corrected chi connectivity index (χ2v) is 7.97. The van der Waals surface area contributed by atoms with Crippen LogP contribution in [0.2, 0.25) is 0 Å². The zero-order chi connectivity index (χ0) is 26.9. The van der Waals surface area contributed by atoms with Crippen molar-refractivity contribution in [2.75, 3.05) is 36.2 Å². The van der Waals surface area contributed by atoms with Crippen LogP contribution in [-0.2, 0) is 11.3 Å². The molecule has 196 valence electrons. The van der Waals surface area contributed by atoms with Crippen molar-refractivity contribution in [2.45, 2.75) is 26.3 Å². The predicted octanol–water partition coefficient (Wildman–Crippen LogP) is 4.38. The Morgan fingerprint density at radius 3 is 2.46 bits per heavy atom. The molecule has 1 amide bonds. The van der Waals surface area contributed by atoms with Gasteiger partial charge in [-0.1, -0.05) is 0 Å². The molecule has 9 nitrogen and oxygen atoms in total. The summed E-state index contributed by atoms with van der Waals surface area (Å²) in [6.45, 7) is -1.68. The van der Waals surface area contributed by atoms with Crippen molar-refractivity contribution in [3.05, 3.63) is 59.9 Å². The van der Waals surface area contributed by atoms with Gasteiger partial charge in [0.25, 0.3) is 0 Å². The summed E-state index contributed by atoms with van der Waals surface area (Å²) in [7, 11) is 3.46. The Hall–Kier alpha value is -4.35. The number of ether oxygens (including phenoxy) is 2. The number of halogens is 3. The Balaban J connectivity index is 1.98. The van der Waals surface area contributed by atoms with Crippen LogP contribution in [0.4, 0.5) is 36.1 Å². The average Bonchev–Trinajstić information content (AvgIpc) is 2.86. The number of rotatable bonds is 12. The van der Waals surface area contributed by atoms with Crippen LogP contribution in [0.3, 0.4) is 0 Å². The number of hydrogen-bond donors (Lipinski definition) is 1. The van der Waals surface area contributed by atoms with Gasteiger partial charge in [0.05, 0.1) is 18.4 Å². The highest BCUT2D eigenvalue weighted by Crippen LogP contribution is 2.30. The first kappa shape index (κ1) is 27.2. The molecule has 0 saturated heterocycles. The van der Waals surface area contributed by atoms with Crippen LogP contribution in [-0.4, -0.2) is 56.1 Å². The number of carbonyl (C=O) groups excluding carboxylic acids is 1. The van der Waals surface area contributed by atoms with Crippen molar-refractivity contribution in [1.82, 2.24) is 9.97 Å². The molecule has 0 radical (unpaired) electrons. The van der Waals surface area contributed by atoms with Crippen molar-refractivity contribution in [1.29, 1.82) is 0 Å². The first-order valence-corrected chi connectivity index (χ1v) is 11.2. The molecule has 0 fully saturated rings. The van der Waals surface area contributed by atoms with Crippen molar-refractivity contribution >= 4 is 35.5 Å². The van der Waals surface area contributed by atoms with Gasteiger partial charge in [-0.25, -0.2) is 9.37 Å². The van der Waals surface area contributed by atoms with E-state index in [0.717, 1.165) is 11.3 Å². The quantitative estimate of drug-likeness (QED) is 0.216. The molecule has 1 aromatic heterocycles. The maximum Gasteiger partial charge on any atom is 0.387 e. The van der Waals surface area contributed by atoms with Gasteiger partial charge in [0, 0.05) is 37.2 Å². The number of aromatic nitrogens is 2. The van der Waals surface area contributed by atoms with E-state index in [2.05, 4.69) is 19.7 Å². The number of nitrogens with zero attached hydrogens (tertiary/aromatic N) is 5. The van der Waals surface area contributed by atoms with Gasteiger partial charge in [-0.05, 0) is 49.4 Å². The summed E-state index contributed by atoms with van der Waals surface area (Å²) >= 11 is 0. The molecule has 12 heteroatoms. The van der Waals surface area contributed by atoms with Crippen LogP contribution in [0.5, 0.6) is 11.6 Å². The second-order valence-electron chi connectivity index (χ2n) is 7.97. The second kappa shape index (κ2) is 12.6. The molecule has 3 rings (SSSR count). The fraction of sp³-hybridized carbons (Fsp3) is 0.280. The number of nitrogens with two attached hydrogens (primary N) is 1. The Morgan fingerprint density at radius 1 is 1.14 bits per heavy atom. The molecular formula is C25H27F3N6O3. The standard InChI is InChI=1S/C25H27F3N6O3/c1-16(26)14-36-23-12-31-22(13-33(3)19-6-9-21(29)17(10-19)11-30-2)24(32-23)34(15-35)18-4-7-20(8-5-18)37-25(27)28/h4-12,15-16,25H,13-14,29H2,1-3H3. The number of hydrogen-bond acceptors (Lipinski definition) is 8. The zero-order valence-corrected chi connectivity index (χ0v) is 20.5. The van der Waals surface area contributed by atoms with Crippen LogP contribution in [0, 0.1) is 0 Å². The van der Waals surface area contributed by atoms with E-state index in [0.29, 0.717) is 23.5 Å². The average molecular weight is 517 g/mol. The van der Waals surface area contributed by atoms with Gasteiger partial charge in [-0.15, -0.1) is 0 Å². The lowest BCUT2D eigenvalue weighted by Crippen LogP contribution is -2.24. The Kier molecular flexibility index (Phi) is 9.25. The van der Waals surface area contributed by atoms with Crippen molar-refractivity contribution in [2.24, 2.45) is 4.99 Å². The number of aliphatic imine (C=N–C) groups is 1. The van der Waals surface area contributed by atoms with Crippen LogP contribution >= 0.6 is 0 Å². The molecule has 1 unspecified atom stereocenters. The molecule has 0 bridgehead atoms. The normalized spacial score (nSPS) is 12.0. The van der Waals surface area contributed by atoms with Crippen LogP contribution in [0.25, 0.3) is 0 Å². The molecule has 0 spiro atoms. The van der Waals surface area contributed by atoms with Gasteiger partial charge < -0.3 is 20.1 Å². The van der Waals surface area contributed by atoms with Crippen LogP contribution < -0.4 is 25.0 Å². The summed E-state index contributed by atoms with van der Waals surface area (Å²) in [5.74, 6) is 0.0722. The molecular weight excluding hydrogens is 489 g/mol. The Labute approximate surface area is 212 Å². The number of benzene rings is 2. The van der Waals surface area contributed by atoms with E-state index in [1.54, 1.807) is 19.3 Å². The minimum atomic E-state index is -2.98. The van der Waals surface area contributed by atoms with Crippen molar-refractivity contribution < 1.29 is 27.4 Å². The zero-order valence-electron chi connectivity index (χ0n) is 20.5. The number of carbonyl (C=O) groups is 1. The lowest BCUT2D eigenvalue weighted by Gasteiger charge is -2.24. The third kappa shape index (κ3) is 7.32. The number of nitrogen functional groups attached to an aromatic ring is 1. The fourth-order valence-electron chi connectivity index (χ4n) is 3.35. The smallest absolute Gasteiger partial charge is 0.387 e. The Bertz CT molecular complexity index is 1220. The Morgan fingerprint density at radius 2 is 1.84 bits per heavy atom. The molecule has 0 saturated carbocycles. The molecule has 0 aliphatic heterocycles. The van der Waals surface area contributed by atoms with Crippen LogP contribution in [0.15, 0.2) is 53.7 Å². The maximum absolute atomic E-state index is 13.3. The van der Waals surface area contributed by atoms with Gasteiger partial charge in [-0.2, -0.15) is 13.8 Å². The molecule has 0 aliphatic rings. The monoisotopic (exact) mass is 516 g/mol. The third-order valence-corrected chi connectivity index (χ3v) is 5.11. The van der Waals surface area contributed by atoms with E-state index in [1.807, 2.05) is 24.1 Å². The topological polar surface area (TPSA) is 106 Å². The first-order valence-electron chi connectivity index (χ1n) is 11.2.